The average molecular weight is 290 g/mol. The number of hydrogen-bond donors (Lipinski definition) is 2. The van der Waals surface area contributed by atoms with Crippen LogP contribution in [0.5, 0.6) is 5.75 Å². The van der Waals surface area contributed by atoms with E-state index in [1.807, 2.05) is 23.6 Å². The number of aryl methyl sites for hydroxylation is 1. The van der Waals surface area contributed by atoms with Crippen molar-refractivity contribution in [2.75, 3.05) is 0 Å². The molecule has 5 heteroatoms. The van der Waals surface area contributed by atoms with Crippen molar-refractivity contribution in [2.45, 2.75) is 26.4 Å². The number of ether oxygens (including phenoxy) is 1. The zero-order valence-corrected chi connectivity index (χ0v) is 12.2. The van der Waals surface area contributed by atoms with Crippen LogP contribution < -0.4 is 16.0 Å². The van der Waals surface area contributed by atoms with E-state index in [1.165, 1.54) is 16.9 Å². The van der Waals surface area contributed by atoms with Gasteiger partial charge < -0.3 is 4.74 Å². The van der Waals surface area contributed by atoms with E-state index in [2.05, 4.69) is 24.5 Å². The molecule has 0 saturated carbocycles. The van der Waals surface area contributed by atoms with Crippen LogP contribution in [-0.4, -0.2) is 5.91 Å². The van der Waals surface area contributed by atoms with Crippen LogP contribution in [0, 0.1) is 0 Å². The monoisotopic (exact) mass is 290 g/mol. The van der Waals surface area contributed by atoms with Gasteiger partial charge in [0, 0.05) is 5.56 Å². The predicted molar refractivity (Wildman–Crippen MR) is 80.7 cm³/mol. The molecule has 106 valence electrons. The zero-order valence-electron chi connectivity index (χ0n) is 11.4. The Morgan fingerprint density at radius 3 is 2.70 bits per heavy atom. The maximum Gasteiger partial charge on any atom is 0.275 e. The number of carbonyl (C=O) groups is 1. The molecular weight excluding hydrogens is 272 g/mol. The third-order valence-corrected chi connectivity index (χ3v) is 3.90. The summed E-state index contributed by atoms with van der Waals surface area (Å²) in [7, 11) is 0. The van der Waals surface area contributed by atoms with E-state index < -0.39 is 0 Å². The Labute approximate surface area is 122 Å². The van der Waals surface area contributed by atoms with Crippen LogP contribution in [0.3, 0.4) is 0 Å². The Balaban J connectivity index is 1.98. The number of benzene rings is 1. The second-order valence-corrected chi connectivity index (χ2v) is 5.35. The van der Waals surface area contributed by atoms with E-state index in [9.17, 15) is 4.79 Å². The minimum Gasteiger partial charge on any atom is -0.489 e. The van der Waals surface area contributed by atoms with E-state index in [4.69, 9.17) is 10.6 Å². The van der Waals surface area contributed by atoms with Gasteiger partial charge in [-0.2, -0.15) is 0 Å². The summed E-state index contributed by atoms with van der Waals surface area (Å²) in [6.45, 7) is 2.52. The summed E-state index contributed by atoms with van der Waals surface area (Å²) in [6.07, 6.45) is 2.21. The summed E-state index contributed by atoms with van der Waals surface area (Å²) in [4.78, 5) is 12.1. The van der Waals surface area contributed by atoms with Crippen LogP contribution >= 0.6 is 11.3 Å². The summed E-state index contributed by atoms with van der Waals surface area (Å²) in [5, 5.41) is 1.85. The molecule has 0 saturated heterocycles. The first-order chi connectivity index (χ1) is 9.74. The van der Waals surface area contributed by atoms with Gasteiger partial charge in [0.15, 0.2) is 0 Å². The standard InChI is InChI=1S/C15H18N2O2S/c1-2-3-11-4-6-13(7-5-11)19-10-12-8-9-20-14(12)15(18)17-16/h4-9H,2-3,10,16H2,1H3,(H,17,18). The number of hydrazine groups is 1. The molecule has 3 N–H and O–H groups in total. The molecule has 0 fully saturated rings. The van der Waals surface area contributed by atoms with Crippen molar-refractivity contribution in [1.82, 2.24) is 5.43 Å². The largest absolute Gasteiger partial charge is 0.489 e. The van der Waals surface area contributed by atoms with Crippen molar-refractivity contribution < 1.29 is 9.53 Å². The number of carbonyl (C=O) groups excluding carboxylic acids is 1. The lowest BCUT2D eigenvalue weighted by molar-refractivity contribution is 0.0955. The molecule has 0 unspecified atom stereocenters. The molecule has 1 heterocycles. The topological polar surface area (TPSA) is 64.3 Å². The molecule has 0 spiro atoms. The van der Waals surface area contributed by atoms with Crippen molar-refractivity contribution >= 4 is 17.2 Å². The molecule has 20 heavy (non-hydrogen) atoms. The lowest BCUT2D eigenvalue weighted by atomic mass is 10.1. The van der Waals surface area contributed by atoms with Crippen molar-refractivity contribution in [1.29, 1.82) is 0 Å². The zero-order chi connectivity index (χ0) is 14.4. The lowest BCUT2D eigenvalue weighted by Gasteiger charge is -2.07. The Kier molecular flexibility index (Phi) is 5.15. The number of hydrogen-bond acceptors (Lipinski definition) is 4. The summed E-state index contributed by atoms with van der Waals surface area (Å²) in [5.74, 6) is 5.67. The second kappa shape index (κ2) is 7.07. The Hall–Kier alpha value is -1.85. The Morgan fingerprint density at radius 1 is 1.30 bits per heavy atom. The molecule has 0 aliphatic carbocycles. The number of amides is 1. The van der Waals surface area contributed by atoms with Gasteiger partial charge in [0.05, 0.1) is 4.88 Å². The molecule has 2 rings (SSSR count). The quantitative estimate of drug-likeness (QED) is 0.488. The molecular formula is C15H18N2O2S. The van der Waals surface area contributed by atoms with Crippen LogP contribution in [0.15, 0.2) is 35.7 Å². The smallest absolute Gasteiger partial charge is 0.275 e. The molecule has 0 radical (unpaired) electrons. The fourth-order valence-electron chi connectivity index (χ4n) is 1.92. The SMILES string of the molecule is CCCc1ccc(OCc2ccsc2C(=O)NN)cc1. The second-order valence-electron chi connectivity index (χ2n) is 4.43. The fourth-order valence-corrected chi connectivity index (χ4v) is 2.73. The van der Waals surface area contributed by atoms with Crippen molar-refractivity contribution in [3.05, 3.63) is 51.7 Å². The molecule has 1 aromatic heterocycles. The summed E-state index contributed by atoms with van der Waals surface area (Å²) in [5.41, 5.74) is 4.29. The van der Waals surface area contributed by atoms with E-state index in [0.29, 0.717) is 11.5 Å². The van der Waals surface area contributed by atoms with Gasteiger partial charge in [0.2, 0.25) is 0 Å². The molecule has 1 amide bonds. The Bertz CT molecular complexity index is 564. The van der Waals surface area contributed by atoms with Crippen LogP contribution in [0.25, 0.3) is 0 Å². The van der Waals surface area contributed by atoms with Crippen LogP contribution in [0.1, 0.15) is 34.1 Å². The molecule has 2 aromatic rings. The molecule has 0 aliphatic heterocycles. The highest BCUT2D eigenvalue weighted by molar-refractivity contribution is 7.12. The third kappa shape index (κ3) is 3.59. The summed E-state index contributed by atoms with van der Waals surface area (Å²) in [6, 6.07) is 9.93. The van der Waals surface area contributed by atoms with Crippen LogP contribution in [0.2, 0.25) is 0 Å². The summed E-state index contributed by atoms with van der Waals surface area (Å²) >= 11 is 1.35. The van der Waals surface area contributed by atoms with Gasteiger partial charge in [-0.3, -0.25) is 10.2 Å². The van der Waals surface area contributed by atoms with Crippen LogP contribution in [-0.2, 0) is 13.0 Å². The number of nitrogens with one attached hydrogen (secondary N) is 1. The van der Waals surface area contributed by atoms with Crippen molar-refractivity contribution in [3.63, 3.8) is 0 Å². The van der Waals surface area contributed by atoms with Gasteiger partial charge >= 0.3 is 0 Å². The van der Waals surface area contributed by atoms with Gasteiger partial charge in [-0.05, 0) is 35.6 Å². The van der Waals surface area contributed by atoms with E-state index >= 15 is 0 Å². The first kappa shape index (κ1) is 14.6. The number of thiophene rings is 1. The fraction of sp³-hybridized carbons (Fsp3) is 0.267. The first-order valence-electron chi connectivity index (χ1n) is 6.53. The van der Waals surface area contributed by atoms with Gasteiger partial charge in [0.25, 0.3) is 5.91 Å². The maximum absolute atomic E-state index is 11.5. The third-order valence-electron chi connectivity index (χ3n) is 2.94. The number of nitrogen functional groups attached to an aromatic ring is 1. The summed E-state index contributed by atoms with van der Waals surface area (Å²) < 4.78 is 5.70. The normalized spacial score (nSPS) is 10.3. The molecule has 4 nitrogen and oxygen atoms in total. The van der Waals surface area contributed by atoms with Crippen LogP contribution in [0.4, 0.5) is 0 Å². The van der Waals surface area contributed by atoms with E-state index in [-0.39, 0.29) is 5.91 Å². The minimum atomic E-state index is -0.281. The first-order valence-corrected chi connectivity index (χ1v) is 7.41. The Morgan fingerprint density at radius 2 is 2.05 bits per heavy atom. The highest BCUT2D eigenvalue weighted by Crippen LogP contribution is 2.20. The van der Waals surface area contributed by atoms with Gasteiger partial charge in [-0.15, -0.1) is 11.3 Å². The highest BCUT2D eigenvalue weighted by Gasteiger charge is 2.12. The molecule has 0 bridgehead atoms. The van der Waals surface area contributed by atoms with E-state index in [1.54, 1.807) is 0 Å². The maximum atomic E-state index is 11.5. The molecule has 0 atom stereocenters. The van der Waals surface area contributed by atoms with Gasteiger partial charge in [0.1, 0.15) is 12.4 Å². The molecule has 0 aliphatic rings. The molecule has 1 aromatic carbocycles. The lowest BCUT2D eigenvalue weighted by Crippen LogP contribution is -2.30. The number of rotatable bonds is 6. The van der Waals surface area contributed by atoms with Gasteiger partial charge in [-0.25, -0.2) is 5.84 Å². The average Bonchev–Trinajstić information content (AvgIpc) is 2.94. The van der Waals surface area contributed by atoms with Gasteiger partial charge in [-0.1, -0.05) is 25.5 Å². The number of nitrogens with two attached hydrogens (primary N) is 1. The predicted octanol–water partition coefficient (Wildman–Crippen LogP) is 2.88. The van der Waals surface area contributed by atoms with E-state index in [0.717, 1.165) is 24.2 Å². The van der Waals surface area contributed by atoms with Crippen molar-refractivity contribution in [2.24, 2.45) is 5.84 Å². The highest BCUT2D eigenvalue weighted by atomic mass is 32.1. The minimum absolute atomic E-state index is 0.281. The van der Waals surface area contributed by atoms with Crippen molar-refractivity contribution in [3.8, 4) is 5.75 Å².